The van der Waals surface area contributed by atoms with Gasteiger partial charge in [-0.25, -0.2) is 14.4 Å². The second kappa shape index (κ2) is 5.58. The number of carbonyl (C=O) groups excluding carboxylic acids is 1. The molecule has 3 rings (SSSR count). The Hall–Kier alpha value is -2.55. The highest BCUT2D eigenvalue weighted by Gasteiger charge is 2.32. The van der Waals surface area contributed by atoms with Crippen LogP contribution in [0.5, 0.6) is 0 Å². The maximum absolute atomic E-state index is 13.7. The summed E-state index contributed by atoms with van der Waals surface area (Å²) < 4.78 is 51.6. The van der Waals surface area contributed by atoms with E-state index in [4.69, 9.17) is 0 Å². The summed E-state index contributed by atoms with van der Waals surface area (Å²) in [5.41, 5.74) is -1.28. The molecule has 0 fully saturated rings. The molecule has 0 aliphatic carbocycles. The Morgan fingerprint density at radius 1 is 1.22 bits per heavy atom. The summed E-state index contributed by atoms with van der Waals surface area (Å²) >= 11 is 1.04. The first-order chi connectivity index (χ1) is 10.8. The van der Waals surface area contributed by atoms with Crippen molar-refractivity contribution < 1.29 is 22.4 Å². The zero-order valence-corrected chi connectivity index (χ0v) is 12.0. The van der Waals surface area contributed by atoms with Crippen LogP contribution in [0.15, 0.2) is 36.5 Å². The van der Waals surface area contributed by atoms with E-state index in [1.165, 1.54) is 0 Å². The summed E-state index contributed by atoms with van der Waals surface area (Å²) in [5, 5.41) is 2.41. The molecule has 0 bridgehead atoms. The first-order valence-corrected chi connectivity index (χ1v) is 7.06. The number of thiazole rings is 1. The number of hydrogen-bond donors (Lipinski definition) is 1. The number of hydrogen-bond acceptors (Lipinski definition) is 4. The van der Waals surface area contributed by atoms with Crippen molar-refractivity contribution in [3.05, 3.63) is 53.5 Å². The average molecular weight is 341 g/mol. The monoisotopic (exact) mass is 341 g/mol. The summed E-state index contributed by atoms with van der Waals surface area (Å²) in [6.07, 6.45) is -3.12. The minimum atomic E-state index is -4.66. The zero-order chi connectivity index (χ0) is 16.6. The van der Waals surface area contributed by atoms with Crippen molar-refractivity contribution in [1.82, 2.24) is 9.97 Å². The molecule has 23 heavy (non-hydrogen) atoms. The Morgan fingerprint density at radius 3 is 2.70 bits per heavy atom. The fraction of sp³-hybridized carbons (Fsp3) is 0.0714. The van der Waals surface area contributed by atoms with Gasteiger partial charge in [0, 0.05) is 6.20 Å². The molecule has 0 aliphatic rings. The molecule has 1 aromatic carbocycles. The molecule has 0 saturated carbocycles. The van der Waals surface area contributed by atoms with Crippen LogP contribution in [0.3, 0.4) is 0 Å². The van der Waals surface area contributed by atoms with Crippen molar-refractivity contribution in [3.63, 3.8) is 0 Å². The third-order valence-corrected chi connectivity index (χ3v) is 3.82. The molecule has 4 nitrogen and oxygen atoms in total. The highest BCUT2D eigenvalue weighted by molar-refractivity contribution is 7.21. The van der Waals surface area contributed by atoms with Gasteiger partial charge in [-0.1, -0.05) is 11.3 Å². The Kier molecular flexibility index (Phi) is 3.72. The fourth-order valence-corrected chi connectivity index (χ4v) is 2.67. The van der Waals surface area contributed by atoms with Crippen molar-refractivity contribution in [2.75, 3.05) is 5.32 Å². The molecule has 118 valence electrons. The third-order valence-electron chi connectivity index (χ3n) is 2.93. The third kappa shape index (κ3) is 3.14. The van der Waals surface area contributed by atoms with Crippen LogP contribution in [0, 0.1) is 5.82 Å². The van der Waals surface area contributed by atoms with Crippen LogP contribution in [0.4, 0.5) is 22.7 Å². The minimum absolute atomic E-state index is 0.125. The molecular weight excluding hydrogens is 334 g/mol. The molecule has 2 aromatic heterocycles. The van der Waals surface area contributed by atoms with Gasteiger partial charge in [0.15, 0.2) is 5.13 Å². The Balaban J connectivity index is 1.91. The predicted molar refractivity (Wildman–Crippen MR) is 76.8 cm³/mol. The van der Waals surface area contributed by atoms with E-state index >= 15 is 0 Å². The largest absolute Gasteiger partial charge is 0.416 e. The van der Waals surface area contributed by atoms with Gasteiger partial charge in [0.2, 0.25) is 0 Å². The van der Waals surface area contributed by atoms with Crippen LogP contribution < -0.4 is 5.32 Å². The Bertz CT molecular complexity index is 858. The molecule has 0 radical (unpaired) electrons. The molecular formula is C14H7F4N3OS. The molecule has 0 atom stereocenters. The van der Waals surface area contributed by atoms with E-state index in [-0.39, 0.29) is 5.13 Å². The lowest BCUT2D eigenvalue weighted by atomic mass is 10.1. The minimum Gasteiger partial charge on any atom is -0.298 e. The Morgan fingerprint density at radius 2 is 2.00 bits per heavy atom. The molecule has 0 unspecified atom stereocenters. The maximum atomic E-state index is 13.7. The standard InChI is InChI=1S/C14H7F4N3OS/c15-9-4-3-7(14(16,17)18)6-8(9)11(22)21-13-20-10-2-1-5-19-12(10)23-13/h1-6H,(H,20,21,22). The molecule has 1 N–H and O–H groups in total. The highest BCUT2D eigenvalue weighted by atomic mass is 32.1. The summed E-state index contributed by atoms with van der Waals surface area (Å²) in [5.74, 6) is -2.05. The van der Waals surface area contributed by atoms with Crippen molar-refractivity contribution in [1.29, 1.82) is 0 Å². The normalized spacial score (nSPS) is 11.7. The predicted octanol–water partition coefficient (Wildman–Crippen LogP) is 4.10. The smallest absolute Gasteiger partial charge is 0.298 e. The van der Waals surface area contributed by atoms with E-state index < -0.39 is 29.0 Å². The van der Waals surface area contributed by atoms with Crippen LogP contribution in [-0.2, 0) is 6.18 Å². The number of aromatic nitrogens is 2. The molecule has 2 heterocycles. The van der Waals surface area contributed by atoms with Crippen molar-refractivity contribution in [2.45, 2.75) is 6.18 Å². The quantitative estimate of drug-likeness (QED) is 0.714. The van der Waals surface area contributed by atoms with Crippen LogP contribution in [0.2, 0.25) is 0 Å². The van der Waals surface area contributed by atoms with Gasteiger partial charge < -0.3 is 0 Å². The van der Waals surface area contributed by atoms with Gasteiger partial charge in [0.25, 0.3) is 5.91 Å². The second-order valence-corrected chi connectivity index (χ2v) is 5.47. The number of fused-ring (bicyclic) bond motifs is 1. The average Bonchev–Trinajstić information content (AvgIpc) is 2.88. The molecule has 0 spiro atoms. The van der Waals surface area contributed by atoms with Crippen molar-refractivity contribution >= 4 is 32.7 Å². The summed E-state index contributed by atoms with van der Waals surface area (Å²) in [6, 6.07) is 4.97. The summed E-state index contributed by atoms with van der Waals surface area (Å²) in [4.78, 5) is 20.7. The van der Waals surface area contributed by atoms with Gasteiger partial charge >= 0.3 is 6.18 Å². The number of halogens is 4. The van der Waals surface area contributed by atoms with Gasteiger partial charge in [-0.15, -0.1) is 0 Å². The van der Waals surface area contributed by atoms with Gasteiger partial charge in [-0.3, -0.25) is 10.1 Å². The lowest BCUT2D eigenvalue weighted by molar-refractivity contribution is -0.137. The van der Waals surface area contributed by atoms with E-state index in [0.717, 1.165) is 11.3 Å². The first-order valence-electron chi connectivity index (χ1n) is 6.24. The van der Waals surface area contributed by atoms with E-state index in [2.05, 4.69) is 15.3 Å². The van der Waals surface area contributed by atoms with E-state index in [0.29, 0.717) is 28.5 Å². The lowest BCUT2D eigenvalue weighted by Gasteiger charge is -2.09. The number of carbonyl (C=O) groups is 1. The molecule has 1 amide bonds. The van der Waals surface area contributed by atoms with Gasteiger partial charge in [-0.05, 0) is 30.3 Å². The van der Waals surface area contributed by atoms with Crippen LogP contribution in [0.25, 0.3) is 10.3 Å². The molecule has 3 aromatic rings. The lowest BCUT2D eigenvalue weighted by Crippen LogP contribution is -2.15. The number of pyridine rings is 1. The molecule has 0 saturated heterocycles. The Labute approximate surface area is 130 Å². The van der Waals surface area contributed by atoms with Gasteiger partial charge in [0.05, 0.1) is 11.1 Å². The SMILES string of the molecule is O=C(Nc1nc2cccnc2s1)c1cc(C(F)(F)F)ccc1F. The first kappa shape index (κ1) is 15.3. The summed E-state index contributed by atoms with van der Waals surface area (Å²) in [6.45, 7) is 0. The van der Waals surface area contributed by atoms with E-state index in [1.54, 1.807) is 18.3 Å². The highest BCUT2D eigenvalue weighted by Crippen LogP contribution is 2.31. The fourth-order valence-electron chi connectivity index (χ4n) is 1.86. The van der Waals surface area contributed by atoms with Crippen LogP contribution in [0.1, 0.15) is 15.9 Å². The van der Waals surface area contributed by atoms with Crippen LogP contribution in [-0.4, -0.2) is 15.9 Å². The number of alkyl halides is 3. The number of nitrogens with one attached hydrogen (secondary N) is 1. The zero-order valence-electron chi connectivity index (χ0n) is 11.2. The summed E-state index contributed by atoms with van der Waals surface area (Å²) in [7, 11) is 0. The van der Waals surface area contributed by atoms with Crippen LogP contribution >= 0.6 is 11.3 Å². The topological polar surface area (TPSA) is 54.9 Å². The van der Waals surface area contributed by atoms with E-state index in [9.17, 15) is 22.4 Å². The number of rotatable bonds is 2. The number of anilines is 1. The van der Waals surface area contributed by atoms with E-state index in [1.807, 2.05) is 0 Å². The number of benzene rings is 1. The molecule has 0 aliphatic heterocycles. The van der Waals surface area contributed by atoms with Crippen molar-refractivity contribution in [3.8, 4) is 0 Å². The van der Waals surface area contributed by atoms with Gasteiger partial charge in [-0.2, -0.15) is 13.2 Å². The maximum Gasteiger partial charge on any atom is 0.416 e. The second-order valence-electron chi connectivity index (χ2n) is 4.49. The number of amides is 1. The molecule has 9 heteroatoms. The van der Waals surface area contributed by atoms with Gasteiger partial charge in [0.1, 0.15) is 16.2 Å². The van der Waals surface area contributed by atoms with Crippen molar-refractivity contribution in [2.24, 2.45) is 0 Å². The number of nitrogens with zero attached hydrogens (tertiary/aromatic N) is 2.